The first-order valence-electron chi connectivity index (χ1n) is 7.06. The molecule has 2 aromatic heterocycles. The third-order valence-corrected chi connectivity index (χ3v) is 4.70. The summed E-state index contributed by atoms with van der Waals surface area (Å²) in [4.78, 5) is 20.7. The Balaban J connectivity index is 2.25. The van der Waals surface area contributed by atoms with Gasteiger partial charge in [0, 0.05) is 16.9 Å². The summed E-state index contributed by atoms with van der Waals surface area (Å²) in [6, 6.07) is 6.30. The number of hydrogen-bond donors (Lipinski definition) is 1. The maximum atomic E-state index is 12.4. The lowest BCUT2D eigenvalue weighted by molar-refractivity contribution is 0.778. The molecule has 0 unspecified atom stereocenters. The number of H-pyrrole nitrogens is 1. The Morgan fingerprint density at radius 2 is 1.95 bits per heavy atom. The number of aromatic nitrogens is 2. The quantitative estimate of drug-likeness (QED) is 0.762. The molecule has 1 aromatic carbocycles. The molecule has 4 heteroatoms. The van der Waals surface area contributed by atoms with E-state index in [1.807, 2.05) is 19.2 Å². The maximum absolute atomic E-state index is 12.4. The number of nitrogens with zero attached hydrogens (tertiary/aromatic N) is 1. The van der Waals surface area contributed by atoms with Gasteiger partial charge < -0.3 is 4.98 Å². The molecule has 0 amide bonds. The van der Waals surface area contributed by atoms with Gasteiger partial charge in [-0.15, -0.1) is 11.3 Å². The molecule has 0 fully saturated rings. The van der Waals surface area contributed by atoms with Gasteiger partial charge in [-0.3, -0.25) is 4.79 Å². The molecular formula is C17H18N2OS. The molecule has 0 saturated carbocycles. The van der Waals surface area contributed by atoms with Crippen LogP contribution in [0, 0.1) is 13.8 Å². The molecule has 2 heterocycles. The SMILES string of the molecule is Cc1ccc(-c2csc3nc(C(C)C)[nH]c(=O)c23)cc1C. The lowest BCUT2D eigenvalue weighted by atomic mass is 10.0. The number of benzene rings is 1. The molecule has 1 N–H and O–H groups in total. The van der Waals surface area contributed by atoms with Gasteiger partial charge in [0.25, 0.3) is 5.56 Å². The second-order valence-electron chi connectivity index (χ2n) is 5.73. The lowest BCUT2D eigenvalue weighted by Gasteiger charge is -2.06. The smallest absolute Gasteiger partial charge is 0.260 e. The van der Waals surface area contributed by atoms with E-state index in [0.717, 1.165) is 21.8 Å². The van der Waals surface area contributed by atoms with Crippen LogP contribution in [0.3, 0.4) is 0 Å². The Bertz CT molecular complexity index is 874. The summed E-state index contributed by atoms with van der Waals surface area (Å²) >= 11 is 1.53. The zero-order valence-electron chi connectivity index (χ0n) is 12.7. The fourth-order valence-corrected chi connectivity index (χ4v) is 3.32. The molecule has 3 aromatic rings. The Morgan fingerprint density at radius 1 is 1.19 bits per heavy atom. The summed E-state index contributed by atoms with van der Waals surface area (Å²) in [6.45, 7) is 8.24. The van der Waals surface area contributed by atoms with Crippen LogP contribution in [-0.4, -0.2) is 9.97 Å². The molecule has 0 atom stereocenters. The Kier molecular flexibility index (Phi) is 3.41. The van der Waals surface area contributed by atoms with Gasteiger partial charge in [0.15, 0.2) is 0 Å². The highest BCUT2D eigenvalue weighted by atomic mass is 32.1. The van der Waals surface area contributed by atoms with Gasteiger partial charge in [0.1, 0.15) is 10.7 Å². The summed E-state index contributed by atoms with van der Waals surface area (Å²) in [5.41, 5.74) is 4.50. The van der Waals surface area contributed by atoms with Crippen molar-refractivity contribution in [3.8, 4) is 11.1 Å². The molecule has 0 aliphatic rings. The van der Waals surface area contributed by atoms with Gasteiger partial charge in [-0.2, -0.15) is 0 Å². The fraction of sp³-hybridized carbons (Fsp3) is 0.294. The lowest BCUT2D eigenvalue weighted by Crippen LogP contribution is -2.12. The minimum atomic E-state index is -0.0434. The highest BCUT2D eigenvalue weighted by Gasteiger charge is 2.14. The van der Waals surface area contributed by atoms with Crippen LogP contribution in [0.15, 0.2) is 28.4 Å². The van der Waals surface area contributed by atoms with Gasteiger partial charge in [-0.1, -0.05) is 32.0 Å². The Labute approximate surface area is 127 Å². The van der Waals surface area contributed by atoms with E-state index >= 15 is 0 Å². The zero-order valence-corrected chi connectivity index (χ0v) is 13.5. The first kappa shape index (κ1) is 14.0. The number of fused-ring (bicyclic) bond motifs is 1. The molecule has 3 rings (SSSR count). The van der Waals surface area contributed by atoms with Gasteiger partial charge in [0.2, 0.25) is 0 Å². The van der Waals surface area contributed by atoms with Gasteiger partial charge in [-0.05, 0) is 30.5 Å². The molecular weight excluding hydrogens is 280 g/mol. The number of thiophene rings is 1. The Morgan fingerprint density at radius 3 is 2.62 bits per heavy atom. The molecule has 21 heavy (non-hydrogen) atoms. The number of aryl methyl sites for hydroxylation is 2. The highest BCUT2D eigenvalue weighted by molar-refractivity contribution is 7.17. The second-order valence-corrected chi connectivity index (χ2v) is 6.59. The van der Waals surface area contributed by atoms with E-state index in [1.54, 1.807) is 0 Å². The maximum Gasteiger partial charge on any atom is 0.260 e. The van der Waals surface area contributed by atoms with Crippen LogP contribution in [0.1, 0.15) is 36.7 Å². The van der Waals surface area contributed by atoms with E-state index < -0.39 is 0 Å². The van der Waals surface area contributed by atoms with Gasteiger partial charge in [0.05, 0.1) is 5.39 Å². The number of nitrogens with one attached hydrogen (secondary N) is 1. The molecule has 0 radical (unpaired) electrons. The van der Waals surface area contributed by atoms with E-state index in [-0.39, 0.29) is 11.5 Å². The van der Waals surface area contributed by atoms with Crippen LogP contribution >= 0.6 is 11.3 Å². The summed E-state index contributed by atoms with van der Waals surface area (Å²) in [7, 11) is 0. The third kappa shape index (κ3) is 2.40. The minimum absolute atomic E-state index is 0.0434. The van der Waals surface area contributed by atoms with Crippen molar-refractivity contribution in [2.24, 2.45) is 0 Å². The number of rotatable bonds is 2. The number of aromatic amines is 1. The van der Waals surface area contributed by atoms with Crippen LogP contribution in [0.4, 0.5) is 0 Å². The average Bonchev–Trinajstić information content (AvgIpc) is 2.86. The van der Waals surface area contributed by atoms with E-state index in [4.69, 9.17) is 0 Å². The van der Waals surface area contributed by atoms with Crippen LogP contribution in [0.5, 0.6) is 0 Å². The molecule has 108 valence electrons. The monoisotopic (exact) mass is 298 g/mol. The third-order valence-electron chi connectivity index (χ3n) is 3.83. The van der Waals surface area contributed by atoms with Crippen molar-refractivity contribution in [3.63, 3.8) is 0 Å². The van der Waals surface area contributed by atoms with Crippen molar-refractivity contribution in [2.75, 3.05) is 0 Å². The molecule has 0 spiro atoms. The standard InChI is InChI=1S/C17H18N2OS/c1-9(2)15-18-16(20)14-13(8-21-17(14)19-15)12-6-5-10(3)11(4)7-12/h5-9H,1-4H3,(H,18,19,20). The van der Waals surface area contributed by atoms with Crippen LogP contribution in [0.25, 0.3) is 21.3 Å². The second kappa shape index (κ2) is 5.11. The van der Waals surface area contributed by atoms with E-state index in [9.17, 15) is 4.79 Å². The van der Waals surface area contributed by atoms with Crippen molar-refractivity contribution < 1.29 is 0 Å². The zero-order chi connectivity index (χ0) is 15.1. The summed E-state index contributed by atoms with van der Waals surface area (Å²) in [6.07, 6.45) is 0. The van der Waals surface area contributed by atoms with Crippen LogP contribution in [-0.2, 0) is 0 Å². The molecule has 0 aliphatic carbocycles. The van der Waals surface area contributed by atoms with E-state index in [1.165, 1.54) is 22.5 Å². The van der Waals surface area contributed by atoms with Gasteiger partial charge >= 0.3 is 0 Å². The normalized spacial score (nSPS) is 11.5. The molecule has 0 aliphatic heterocycles. The summed E-state index contributed by atoms with van der Waals surface area (Å²) in [5, 5.41) is 2.73. The van der Waals surface area contributed by atoms with Crippen LogP contribution < -0.4 is 5.56 Å². The molecule has 3 nitrogen and oxygen atoms in total. The van der Waals surface area contributed by atoms with Crippen molar-refractivity contribution in [3.05, 3.63) is 50.9 Å². The Hall–Kier alpha value is -1.94. The van der Waals surface area contributed by atoms with Crippen molar-refractivity contribution >= 4 is 21.6 Å². The molecule has 0 bridgehead atoms. The first-order valence-corrected chi connectivity index (χ1v) is 7.94. The van der Waals surface area contributed by atoms with E-state index in [2.05, 4.69) is 42.0 Å². The largest absolute Gasteiger partial charge is 0.310 e. The first-order chi connectivity index (χ1) is 9.97. The predicted octanol–water partition coefficient (Wildman–Crippen LogP) is 4.39. The summed E-state index contributed by atoms with van der Waals surface area (Å²) in [5.74, 6) is 0.968. The van der Waals surface area contributed by atoms with E-state index in [0.29, 0.717) is 5.39 Å². The average molecular weight is 298 g/mol. The number of hydrogen-bond acceptors (Lipinski definition) is 3. The summed E-state index contributed by atoms with van der Waals surface area (Å²) < 4.78 is 0. The van der Waals surface area contributed by atoms with Crippen molar-refractivity contribution in [2.45, 2.75) is 33.6 Å². The predicted molar refractivity (Wildman–Crippen MR) is 89.2 cm³/mol. The molecule has 0 saturated heterocycles. The fourth-order valence-electron chi connectivity index (χ4n) is 2.36. The van der Waals surface area contributed by atoms with Gasteiger partial charge in [-0.25, -0.2) is 4.98 Å². The van der Waals surface area contributed by atoms with Crippen molar-refractivity contribution in [1.82, 2.24) is 9.97 Å². The topological polar surface area (TPSA) is 45.8 Å². The van der Waals surface area contributed by atoms with Crippen molar-refractivity contribution in [1.29, 1.82) is 0 Å². The highest BCUT2D eigenvalue weighted by Crippen LogP contribution is 2.32. The van der Waals surface area contributed by atoms with Crippen LogP contribution in [0.2, 0.25) is 0 Å². The minimum Gasteiger partial charge on any atom is -0.310 e.